The molecule has 34 heavy (non-hydrogen) atoms. The maximum absolute atomic E-state index is 12.3. The van der Waals surface area contributed by atoms with Gasteiger partial charge >= 0.3 is 17.7 Å². The lowest BCUT2D eigenvalue weighted by Crippen LogP contribution is -2.36. The highest BCUT2D eigenvalue weighted by Gasteiger charge is 2.33. The molecule has 13 heteroatoms. The molecule has 1 aliphatic rings. The number of rotatable bonds is 7. The molecule has 2 heterocycles. The Balaban J connectivity index is 1.89. The lowest BCUT2D eigenvalue weighted by atomic mass is 10.2. The highest BCUT2D eigenvalue weighted by molar-refractivity contribution is 5.93. The Morgan fingerprint density at radius 2 is 1.97 bits per heavy atom. The standard InChI is InChI=1S/C21H26N6O7/c1-21(2,3)34-20(30)26-10-9-12(11-26)22-19-24-15(18(28)29)16(27(31)32)17(25-19)23-13-7-5-6-8-14(13)33-4/h5-8,12H,9-11H2,1-4H3,(H,28,29)(H2,22,23,24,25). The van der Waals surface area contributed by atoms with Crippen molar-refractivity contribution in [1.82, 2.24) is 14.9 Å². The number of benzene rings is 1. The van der Waals surface area contributed by atoms with E-state index in [0.29, 0.717) is 24.4 Å². The van der Waals surface area contributed by atoms with E-state index in [9.17, 15) is 24.8 Å². The summed E-state index contributed by atoms with van der Waals surface area (Å²) in [5.41, 5.74) is -1.85. The number of ether oxygens (including phenoxy) is 2. The van der Waals surface area contributed by atoms with E-state index in [1.807, 2.05) is 0 Å². The van der Waals surface area contributed by atoms with Crippen molar-refractivity contribution < 1.29 is 29.1 Å². The molecule has 0 radical (unpaired) electrons. The first-order valence-corrected chi connectivity index (χ1v) is 10.4. The Morgan fingerprint density at radius 1 is 1.26 bits per heavy atom. The Labute approximate surface area is 195 Å². The van der Waals surface area contributed by atoms with Gasteiger partial charge in [-0.25, -0.2) is 9.59 Å². The summed E-state index contributed by atoms with van der Waals surface area (Å²) in [6.07, 6.45) is 0.0586. The van der Waals surface area contributed by atoms with Crippen molar-refractivity contribution in [1.29, 1.82) is 0 Å². The maximum atomic E-state index is 12.3. The van der Waals surface area contributed by atoms with Gasteiger partial charge in [-0.3, -0.25) is 10.1 Å². The molecule has 2 aromatic rings. The van der Waals surface area contributed by atoms with Crippen LogP contribution in [-0.4, -0.2) is 68.8 Å². The van der Waals surface area contributed by atoms with Crippen molar-refractivity contribution in [3.8, 4) is 5.75 Å². The second kappa shape index (κ2) is 9.77. The van der Waals surface area contributed by atoms with E-state index in [4.69, 9.17) is 9.47 Å². The maximum Gasteiger partial charge on any atom is 0.410 e. The minimum absolute atomic E-state index is 0.128. The number of carbonyl (C=O) groups excluding carboxylic acids is 1. The van der Waals surface area contributed by atoms with Crippen LogP contribution in [0.25, 0.3) is 0 Å². The molecule has 0 bridgehead atoms. The van der Waals surface area contributed by atoms with E-state index in [1.165, 1.54) is 12.0 Å². The number of hydrogen-bond acceptors (Lipinski definition) is 10. The number of hydrogen-bond donors (Lipinski definition) is 3. The monoisotopic (exact) mass is 474 g/mol. The molecule has 0 saturated carbocycles. The zero-order valence-corrected chi connectivity index (χ0v) is 19.2. The Bertz CT molecular complexity index is 1100. The van der Waals surface area contributed by atoms with Crippen LogP contribution in [0, 0.1) is 10.1 Å². The number of anilines is 3. The second-order valence-electron chi connectivity index (χ2n) is 8.54. The topological polar surface area (TPSA) is 169 Å². The predicted molar refractivity (Wildman–Crippen MR) is 122 cm³/mol. The van der Waals surface area contributed by atoms with Gasteiger partial charge in [-0.2, -0.15) is 9.97 Å². The third-order valence-corrected chi connectivity index (χ3v) is 4.80. The van der Waals surface area contributed by atoms with Gasteiger partial charge in [0.25, 0.3) is 0 Å². The number of carbonyl (C=O) groups is 2. The zero-order chi connectivity index (χ0) is 25.0. The van der Waals surface area contributed by atoms with Crippen LogP contribution < -0.4 is 15.4 Å². The molecule has 1 fully saturated rings. The number of carboxylic acid groups (broad SMARTS) is 1. The third-order valence-electron chi connectivity index (χ3n) is 4.80. The van der Waals surface area contributed by atoms with Crippen LogP contribution in [0.4, 0.5) is 27.9 Å². The van der Waals surface area contributed by atoms with Crippen molar-refractivity contribution in [3.63, 3.8) is 0 Å². The van der Waals surface area contributed by atoms with Crippen LogP contribution in [0.5, 0.6) is 5.75 Å². The van der Waals surface area contributed by atoms with E-state index >= 15 is 0 Å². The Hall–Kier alpha value is -4.16. The van der Waals surface area contributed by atoms with Crippen LogP contribution in [0.1, 0.15) is 37.7 Å². The first kappa shape index (κ1) is 24.5. The zero-order valence-electron chi connectivity index (χ0n) is 19.2. The quantitative estimate of drug-likeness (QED) is 0.397. The molecule has 1 unspecified atom stereocenters. The molecule has 1 saturated heterocycles. The molecular formula is C21H26N6O7. The molecule has 3 rings (SSSR count). The lowest BCUT2D eigenvalue weighted by Gasteiger charge is -2.24. The molecule has 1 aromatic heterocycles. The summed E-state index contributed by atoms with van der Waals surface area (Å²) in [5, 5.41) is 27.0. The SMILES string of the molecule is COc1ccccc1Nc1nc(NC2CCN(C(=O)OC(C)(C)C)C2)nc(C(=O)O)c1[N+](=O)[O-]. The smallest absolute Gasteiger partial charge is 0.410 e. The van der Waals surface area contributed by atoms with Gasteiger partial charge < -0.3 is 30.1 Å². The summed E-state index contributed by atoms with van der Waals surface area (Å²) in [6.45, 7) is 5.99. The number of aromatic nitrogens is 2. The fourth-order valence-electron chi connectivity index (χ4n) is 3.36. The average Bonchev–Trinajstić information content (AvgIpc) is 3.21. The van der Waals surface area contributed by atoms with E-state index in [0.717, 1.165) is 0 Å². The molecule has 1 aliphatic heterocycles. The van der Waals surface area contributed by atoms with Gasteiger partial charge in [-0.15, -0.1) is 0 Å². The van der Waals surface area contributed by atoms with Gasteiger partial charge in [0.1, 0.15) is 11.4 Å². The fraction of sp³-hybridized carbons (Fsp3) is 0.429. The van der Waals surface area contributed by atoms with Crippen LogP contribution in [0.3, 0.4) is 0 Å². The highest BCUT2D eigenvalue weighted by Crippen LogP contribution is 2.33. The molecule has 182 valence electrons. The summed E-state index contributed by atoms with van der Waals surface area (Å²) in [7, 11) is 1.43. The summed E-state index contributed by atoms with van der Waals surface area (Å²) in [4.78, 5) is 44.5. The van der Waals surface area contributed by atoms with Gasteiger partial charge in [-0.1, -0.05) is 12.1 Å². The van der Waals surface area contributed by atoms with Gasteiger partial charge in [0.2, 0.25) is 17.5 Å². The van der Waals surface area contributed by atoms with Gasteiger partial charge in [-0.05, 0) is 39.3 Å². The number of carboxylic acids is 1. The molecule has 0 spiro atoms. The fourth-order valence-corrected chi connectivity index (χ4v) is 3.36. The lowest BCUT2D eigenvalue weighted by molar-refractivity contribution is -0.384. The molecule has 0 aliphatic carbocycles. The summed E-state index contributed by atoms with van der Waals surface area (Å²) in [6, 6.07) is 6.32. The average molecular weight is 474 g/mol. The first-order chi connectivity index (χ1) is 16.0. The van der Waals surface area contributed by atoms with Crippen molar-refractivity contribution in [2.24, 2.45) is 0 Å². The number of likely N-dealkylation sites (tertiary alicyclic amines) is 1. The van der Waals surface area contributed by atoms with Crippen LogP contribution in [0.15, 0.2) is 24.3 Å². The van der Waals surface area contributed by atoms with E-state index < -0.39 is 34.0 Å². The molecule has 1 aromatic carbocycles. The summed E-state index contributed by atoms with van der Waals surface area (Å²) in [5.74, 6) is -1.64. The summed E-state index contributed by atoms with van der Waals surface area (Å²) < 4.78 is 10.6. The second-order valence-corrected chi connectivity index (χ2v) is 8.54. The molecule has 1 atom stereocenters. The van der Waals surface area contributed by atoms with Crippen molar-refractivity contribution >= 4 is 35.2 Å². The number of aromatic carboxylic acids is 1. The number of para-hydroxylation sites is 2. The highest BCUT2D eigenvalue weighted by atomic mass is 16.6. The number of nitro groups is 1. The number of methoxy groups -OCH3 is 1. The number of amides is 1. The van der Waals surface area contributed by atoms with E-state index in [-0.39, 0.29) is 24.4 Å². The van der Waals surface area contributed by atoms with Gasteiger partial charge in [0.15, 0.2) is 0 Å². The molecule has 1 amide bonds. The van der Waals surface area contributed by atoms with E-state index in [1.54, 1.807) is 45.0 Å². The van der Waals surface area contributed by atoms with Crippen LogP contribution in [0.2, 0.25) is 0 Å². The minimum atomic E-state index is -1.58. The van der Waals surface area contributed by atoms with Crippen LogP contribution >= 0.6 is 0 Å². The Morgan fingerprint density at radius 3 is 2.59 bits per heavy atom. The first-order valence-electron chi connectivity index (χ1n) is 10.4. The van der Waals surface area contributed by atoms with Crippen molar-refractivity contribution in [3.05, 3.63) is 40.1 Å². The Kier molecular flexibility index (Phi) is 7.03. The minimum Gasteiger partial charge on any atom is -0.495 e. The van der Waals surface area contributed by atoms with Gasteiger partial charge in [0.05, 0.1) is 17.7 Å². The van der Waals surface area contributed by atoms with Crippen molar-refractivity contribution in [2.45, 2.75) is 38.8 Å². The third kappa shape index (κ3) is 5.79. The molecular weight excluding hydrogens is 448 g/mol. The molecule has 3 N–H and O–H groups in total. The van der Waals surface area contributed by atoms with Crippen LogP contribution in [-0.2, 0) is 4.74 Å². The van der Waals surface area contributed by atoms with Gasteiger partial charge in [0, 0.05) is 19.1 Å². The largest absolute Gasteiger partial charge is 0.495 e. The normalized spacial score (nSPS) is 15.5. The van der Waals surface area contributed by atoms with Crippen molar-refractivity contribution in [2.75, 3.05) is 30.8 Å². The number of nitrogens with one attached hydrogen (secondary N) is 2. The summed E-state index contributed by atoms with van der Waals surface area (Å²) >= 11 is 0. The van der Waals surface area contributed by atoms with E-state index in [2.05, 4.69) is 20.6 Å². The predicted octanol–water partition coefficient (Wildman–Crippen LogP) is 3.26. The molecule has 13 nitrogen and oxygen atoms in total. The number of nitrogens with zero attached hydrogens (tertiary/aromatic N) is 4.